The number of hydrogen-bond acceptors (Lipinski definition) is 5. The number of carbonyl (C=O) groups is 4. The molecule has 2 saturated carbocycles. The molecule has 2 aliphatic heterocycles. The predicted octanol–water partition coefficient (Wildman–Crippen LogP) is 3.82. The van der Waals surface area contributed by atoms with Crippen LogP contribution in [0.2, 0.25) is 0 Å². The number of esters is 1. The van der Waals surface area contributed by atoms with Crippen molar-refractivity contribution in [3.63, 3.8) is 0 Å². The van der Waals surface area contributed by atoms with E-state index in [2.05, 4.69) is 12.2 Å². The molecule has 0 aromatic heterocycles. The first kappa shape index (κ1) is 22.5. The van der Waals surface area contributed by atoms with Crippen molar-refractivity contribution < 1.29 is 23.9 Å². The quantitative estimate of drug-likeness (QED) is 0.278. The van der Waals surface area contributed by atoms with Crippen LogP contribution in [-0.4, -0.2) is 30.2 Å². The molecule has 2 heterocycles. The zero-order valence-corrected chi connectivity index (χ0v) is 20.8. The van der Waals surface area contributed by atoms with Crippen LogP contribution in [0, 0.1) is 55.3 Å². The van der Waals surface area contributed by atoms with Crippen LogP contribution in [0.1, 0.15) is 24.0 Å². The van der Waals surface area contributed by atoms with Crippen molar-refractivity contribution in [3.8, 4) is 5.75 Å². The molecule has 7 atom stereocenters. The molecule has 2 bridgehead atoms. The molecule has 2 aromatic rings. The normalized spacial score (nSPS) is 33.1. The largest absolute Gasteiger partial charge is 0.426 e. The molecule has 7 heteroatoms. The van der Waals surface area contributed by atoms with Gasteiger partial charge in [-0.1, -0.05) is 30.4 Å². The number of hydrogen-bond donors (Lipinski definition) is 0. The number of nitrogens with zero attached hydrogens (tertiary/aromatic N) is 2. The minimum atomic E-state index is -0.595. The summed E-state index contributed by atoms with van der Waals surface area (Å²) >= 11 is 0. The lowest BCUT2D eigenvalue weighted by Crippen LogP contribution is -2.40. The maximum absolute atomic E-state index is 13.4. The average Bonchev–Trinajstić information content (AvgIpc) is 3.56. The van der Waals surface area contributed by atoms with E-state index < -0.39 is 11.9 Å². The summed E-state index contributed by atoms with van der Waals surface area (Å²) in [6, 6.07) is 12.5. The highest BCUT2D eigenvalue weighted by atomic mass is 16.5. The zero-order chi connectivity index (χ0) is 25.6. The van der Waals surface area contributed by atoms with Crippen molar-refractivity contribution in [1.82, 2.24) is 0 Å². The van der Waals surface area contributed by atoms with Crippen molar-refractivity contribution in [1.29, 1.82) is 0 Å². The van der Waals surface area contributed by atoms with Gasteiger partial charge in [-0.2, -0.15) is 0 Å². The Bertz CT molecular complexity index is 1380. The van der Waals surface area contributed by atoms with Crippen LogP contribution in [-0.2, 0) is 19.2 Å². The number of anilines is 2. The van der Waals surface area contributed by atoms with Crippen LogP contribution >= 0.6 is 0 Å². The fourth-order valence-electron chi connectivity index (χ4n) is 7.21. The molecular weight excluding hydrogens is 468 g/mol. The highest BCUT2D eigenvalue weighted by Gasteiger charge is 2.67. The second kappa shape index (κ2) is 7.88. The van der Waals surface area contributed by atoms with E-state index in [1.807, 2.05) is 32.0 Å². The Morgan fingerprint density at radius 1 is 0.919 bits per heavy atom. The van der Waals surface area contributed by atoms with Crippen molar-refractivity contribution in [3.05, 3.63) is 65.7 Å². The highest BCUT2D eigenvalue weighted by molar-refractivity contribution is 6.22. The number of ether oxygens (including phenoxy) is 1. The number of benzene rings is 2. The molecule has 2 aromatic carbocycles. The summed E-state index contributed by atoms with van der Waals surface area (Å²) in [6.45, 7) is 4.17. The Morgan fingerprint density at radius 3 is 2.32 bits per heavy atom. The van der Waals surface area contributed by atoms with E-state index in [0.29, 0.717) is 17.5 Å². The number of aryl methyl sites for hydroxylation is 2. The van der Waals surface area contributed by atoms with E-state index in [4.69, 9.17) is 4.74 Å². The van der Waals surface area contributed by atoms with Gasteiger partial charge in [-0.25, -0.2) is 4.90 Å². The minimum Gasteiger partial charge on any atom is -0.426 e. The molecule has 7 nitrogen and oxygen atoms in total. The van der Waals surface area contributed by atoms with Crippen LogP contribution in [0.4, 0.5) is 11.4 Å². The Balaban J connectivity index is 1.08. The monoisotopic (exact) mass is 496 g/mol. The summed E-state index contributed by atoms with van der Waals surface area (Å²) in [7, 11) is 0. The van der Waals surface area contributed by atoms with E-state index in [-0.39, 0.29) is 60.1 Å². The maximum Gasteiger partial charge on any atom is 0.316 e. The Kier molecular flexibility index (Phi) is 4.78. The Labute approximate surface area is 215 Å². The molecule has 37 heavy (non-hydrogen) atoms. The summed E-state index contributed by atoms with van der Waals surface area (Å²) in [5, 5.41) is 0. The third-order valence-corrected chi connectivity index (χ3v) is 9.07. The van der Waals surface area contributed by atoms with Gasteiger partial charge in [-0.3, -0.25) is 19.2 Å². The smallest absolute Gasteiger partial charge is 0.316 e. The van der Waals surface area contributed by atoms with Crippen LogP contribution in [0.5, 0.6) is 5.75 Å². The Hall–Kier alpha value is -3.74. The molecule has 0 spiro atoms. The summed E-state index contributed by atoms with van der Waals surface area (Å²) in [5.74, 6) is -0.393. The zero-order valence-electron chi connectivity index (χ0n) is 20.8. The third-order valence-electron chi connectivity index (χ3n) is 9.07. The van der Waals surface area contributed by atoms with Crippen LogP contribution in [0.15, 0.2) is 54.6 Å². The van der Waals surface area contributed by atoms with Gasteiger partial charge in [-0.05, 0) is 73.3 Å². The minimum absolute atomic E-state index is 0.0798. The fraction of sp³-hybridized carbons (Fsp3) is 0.400. The standard InChI is InChI=1S/C30H28N2O5/c1-15-6-7-16(2)24(10-15)31-14-17(11-25(31)33)30(36)37-19-5-3-4-18(12-19)32-28(34)26-20-8-9-21(23-13-22(20)23)27(26)29(32)35/h3-10,12,17,20-23,26-27H,11,13-14H2,1-2H3/t17-,20+,21+,22-,23+,26-,27+/m1/s1. The van der Waals surface area contributed by atoms with Gasteiger partial charge in [0, 0.05) is 24.7 Å². The van der Waals surface area contributed by atoms with E-state index in [1.165, 1.54) is 4.90 Å². The van der Waals surface area contributed by atoms with Gasteiger partial charge < -0.3 is 9.64 Å². The van der Waals surface area contributed by atoms with Gasteiger partial charge in [0.15, 0.2) is 0 Å². The molecule has 4 fully saturated rings. The molecule has 0 unspecified atom stereocenters. The third kappa shape index (κ3) is 3.32. The molecule has 188 valence electrons. The van der Waals surface area contributed by atoms with E-state index in [0.717, 1.165) is 23.2 Å². The SMILES string of the molecule is Cc1ccc(C)c(N2C[C@H](C(=O)Oc3cccc(N4C(=O)[C@@H]5[C@H]6C=C[C@@H]([C@@H]7C[C@H]67)[C@@H]5C4=O)c3)CC2=O)c1. The van der Waals surface area contributed by atoms with E-state index in [9.17, 15) is 19.2 Å². The summed E-state index contributed by atoms with van der Waals surface area (Å²) in [5.41, 5.74) is 3.27. The topological polar surface area (TPSA) is 84.0 Å². The molecule has 2 saturated heterocycles. The van der Waals surface area contributed by atoms with E-state index >= 15 is 0 Å². The molecular formula is C30H28N2O5. The molecule has 0 radical (unpaired) electrons. The van der Waals surface area contributed by atoms with Gasteiger partial charge >= 0.3 is 5.97 Å². The lowest BCUT2D eigenvalue weighted by atomic mass is 9.63. The second-order valence-corrected chi connectivity index (χ2v) is 11.3. The first-order valence-corrected chi connectivity index (χ1v) is 13.1. The number of allylic oxidation sites excluding steroid dienone is 2. The molecule has 3 amide bonds. The average molecular weight is 497 g/mol. The summed E-state index contributed by atoms with van der Waals surface area (Å²) in [4.78, 5) is 55.6. The number of rotatable bonds is 4. The van der Waals surface area contributed by atoms with Crippen molar-refractivity contribution in [2.75, 3.05) is 16.3 Å². The van der Waals surface area contributed by atoms with Crippen LogP contribution in [0.3, 0.4) is 0 Å². The molecule has 0 N–H and O–H groups in total. The van der Waals surface area contributed by atoms with Gasteiger partial charge in [0.25, 0.3) is 0 Å². The maximum atomic E-state index is 13.4. The lowest BCUT2D eigenvalue weighted by Gasteiger charge is -2.37. The number of imide groups is 1. The van der Waals surface area contributed by atoms with Gasteiger partial charge in [0.05, 0.1) is 23.4 Å². The highest BCUT2D eigenvalue weighted by Crippen LogP contribution is 2.65. The summed E-state index contributed by atoms with van der Waals surface area (Å²) in [6.07, 6.45) is 5.50. The van der Waals surface area contributed by atoms with Crippen LogP contribution < -0.4 is 14.5 Å². The molecule has 8 rings (SSSR count). The lowest BCUT2D eigenvalue weighted by molar-refractivity contribution is -0.139. The van der Waals surface area contributed by atoms with Gasteiger partial charge in [-0.15, -0.1) is 0 Å². The van der Waals surface area contributed by atoms with E-state index in [1.54, 1.807) is 29.2 Å². The number of carbonyl (C=O) groups excluding carboxylic acids is 4. The predicted molar refractivity (Wildman–Crippen MR) is 136 cm³/mol. The second-order valence-electron chi connectivity index (χ2n) is 11.3. The molecule has 4 aliphatic carbocycles. The first-order chi connectivity index (χ1) is 17.8. The Morgan fingerprint density at radius 2 is 1.62 bits per heavy atom. The molecule has 6 aliphatic rings. The van der Waals surface area contributed by atoms with Crippen molar-refractivity contribution in [2.45, 2.75) is 26.7 Å². The van der Waals surface area contributed by atoms with Crippen molar-refractivity contribution in [2.24, 2.45) is 41.4 Å². The fourth-order valence-corrected chi connectivity index (χ4v) is 7.21. The van der Waals surface area contributed by atoms with Crippen LogP contribution in [0.25, 0.3) is 0 Å². The number of amides is 3. The van der Waals surface area contributed by atoms with Gasteiger partial charge in [0.2, 0.25) is 17.7 Å². The van der Waals surface area contributed by atoms with Gasteiger partial charge in [0.1, 0.15) is 5.75 Å². The summed E-state index contributed by atoms with van der Waals surface area (Å²) < 4.78 is 5.67. The first-order valence-electron chi connectivity index (χ1n) is 13.1. The van der Waals surface area contributed by atoms with Crippen molar-refractivity contribution >= 4 is 35.1 Å².